The van der Waals surface area contributed by atoms with Gasteiger partial charge < -0.3 is 0 Å². The summed E-state index contributed by atoms with van der Waals surface area (Å²) in [4.78, 5) is 24.1. The van der Waals surface area contributed by atoms with Crippen molar-refractivity contribution in [1.29, 1.82) is 0 Å². The molecule has 126 valence electrons. The van der Waals surface area contributed by atoms with Crippen molar-refractivity contribution in [2.75, 3.05) is 0 Å². The molecule has 1 aromatic heterocycles. The number of fused-ring (bicyclic) bond motifs is 2. The Balaban J connectivity index is 1.57. The molecule has 0 fully saturated rings. The van der Waals surface area contributed by atoms with Gasteiger partial charge in [0.2, 0.25) is 0 Å². The standard InChI is InChI=1S/C20H14N4O2/c25-19-17-8-4-3-7-16(17)18(22-24-19)20(26)23-21-12-13-9-10-14-5-1-2-6-15(14)11-13/h1-12H,(H,23,26)(H,24,25). The highest BCUT2D eigenvalue weighted by Crippen LogP contribution is 2.15. The third-order valence-corrected chi connectivity index (χ3v) is 4.06. The number of hydrogen-bond acceptors (Lipinski definition) is 4. The maximum absolute atomic E-state index is 12.4. The van der Waals surface area contributed by atoms with Gasteiger partial charge in [0.05, 0.1) is 11.6 Å². The van der Waals surface area contributed by atoms with Crippen LogP contribution in [-0.4, -0.2) is 22.3 Å². The van der Waals surface area contributed by atoms with Gasteiger partial charge in [-0.25, -0.2) is 10.5 Å². The Bertz CT molecular complexity index is 1210. The van der Waals surface area contributed by atoms with Crippen molar-refractivity contribution < 1.29 is 4.79 Å². The molecule has 0 aliphatic rings. The van der Waals surface area contributed by atoms with Crippen molar-refractivity contribution in [3.8, 4) is 0 Å². The molecule has 0 radical (unpaired) electrons. The number of aromatic nitrogens is 2. The van der Waals surface area contributed by atoms with Crippen molar-refractivity contribution in [3.05, 3.63) is 88.3 Å². The van der Waals surface area contributed by atoms with Crippen LogP contribution in [0.4, 0.5) is 0 Å². The molecule has 1 amide bonds. The Hall–Kier alpha value is -3.80. The summed E-state index contributed by atoms with van der Waals surface area (Å²) in [5.41, 5.74) is 3.10. The summed E-state index contributed by atoms with van der Waals surface area (Å²) in [6.07, 6.45) is 1.57. The van der Waals surface area contributed by atoms with Gasteiger partial charge in [-0.05, 0) is 28.5 Å². The van der Waals surface area contributed by atoms with E-state index in [1.807, 2.05) is 42.5 Å². The summed E-state index contributed by atoms with van der Waals surface area (Å²) >= 11 is 0. The van der Waals surface area contributed by atoms with Gasteiger partial charge in [0.25, 0.3) is 11.5 Å². The Morgan fingerprint density at radius 1 is 0.962 bits per heavy atom. The molecule has 3 aromatic carbocycles. The Morgan fingerprint density at radius 3 is 2.54 bits per heavy atom. The lowest BCUT2D eigenvalue weighted by Crippen LogP contribution is -2.22. The minimum absolute atomic E-state index is 0.121. The number of nitrogens with zero attached hydrogens (tertiary/aromatic N) is 2. The van der Waals surface area contributed by atoms with Crippen LogP contribution in [0, 0.1) is 0 Å². The third kappa shape index (κ3) is 2.95. The van der Waals surface area contributed by atoms with Gasteiger partial charge in [-0.15, -0.1) is 0 Å². The molecule has 0 aliphatic heterocycles. The first-order valence-corrected chi connectivity index (χ1v) is 8.02. The summed E-state index contributed by atoms with van der Waals surface area (Å²) < 4.78 is 0. The summed E-state index contributed by atoms with van der Waals surface area (Å²) in [5.74, 6) is -0.491. The monoisotopic (exact) mass is 342 g/mol. The number of carbonyl (C=O) groups excluding carboxylic acids is 1. The zero-order chi connectivity index (χ0) is 17.9. The molecule has 0 spiro atoms. The van der Waals surface area contributed by atoms with E-state index in [1.165, 1.54) is 0 Å². The maximum Gasteiger partial charge on any atom is 0.292 e. The molecule has 0 aliphatic carbocycles. The predicted octanol–water partition coefficient (Wildman–Crippen LogP) is 2.84. The first-order valence-electron chi connectivity index (χ1n) is 8.02. The summed E-state index contributed by atoms with van der Waals surface area (Å²) in [6, 6.07) is 20.7. The summed E-state index contributed by atoms with van der Waals surface area (Å²) in [7, 11) is 0. The topological polar surface area (TPSA) is 87.2 Å². The lowest BCUT2D eigenvalue weighted by atomic mass is 10.1. The predicted molar refractivity (Wildman–Crippen MR) is 101 cm³/mol. The fourth-order valence-corrected chi connectivity index (χ4v) is 2.79. The smallest absolute Gasteiger partial charge is 0.267 e. The van der Waals surface area contributed by atoms with Crippen molar-refractivity contribution >= 4 is 33.7 Å². The average molecular weight is 342 g/mol. The van der Waals surface area contributed by atoms with Crippen LogP contribution in [0.15, 0.2) is 76.6 Å². The molecule has 4 rings (SSSR count). The van der Waals surface area contributed by atoms with E-state index in [1.54, 1.807) is 30.5 Å². The summed E-state index contributed by atoms with van der Waals surface area (Å²) in [5, 5.41) is 13.3. The van der Waals surface area contributed by atoms with E-state index in [-0.39, 0.29) is 11.3 Å². The van der Waals surface area contributed by atoms with Gasteiger partial charge in [0.1, 0.15) is 0 Å². The molecule has 0 bridgehead atoms. The highest BCUT2D eigenvalue weighted by molar-refractivity contribution is 6.05. The van der Waals surface area contributed by atoms with E-state index >= 15 is 0 Å². The lowest BCUT2D eigenvalue weighted by Gasteiger charge is -2.03. The molecule has 4 aromatic rings. The molecule has 1 heterocycles. The molecule has 0 atom stereocenters. The van der Waals surface area contributed by atoms with Crippen molar-refractivity contribution in [3.63, 3.8) is 0 Å². The fraction of sp³-hybridized carbons (Fsp3) is 0. The van der Waals surface area contributed by atoms with Crippen LogP contribution >= 0.6 is 0 Å². The third-order valence-electron chi connectivity index (χ3n) is 4.06. The van der Waals surface area contributed by atoms with Gasteiger partial charge in [0.15, 0.2) is 5.69 Å². The second-order valence-electron chi connectivity index (χ2n) is 5.75. The molecular weight excluding hydrogens is 328 g/mol. The minimum Gasteiger partial charge on any atom is -0.267 e. The Kier molecular flexibility index (Phi) is 3.99. The molecule has 0 saturated carbocycles. The van der Waals surface area contributed by atoms with Crippen LogP contribution in [0.1, 0.15) is 16.1 Å². The quantitative estimate of drug-likeness (QED) is 0.443. The second kappa shape index (κ2) is 6.60. The molecule has 26 heavy (non-hydrogen) atoms. The Morgan fingerprint density at radius 2 is 1.69 bits per heavy atom. The largest absolute Gasteiger partial charge is 0.292 e. The average Bonchev–Trinajstić information content (AvgIpc) is 2.68. The first-order chi connectivity index (χ1) is 12.7. The first kappa shape index (κ1) is 15.7. The number of amides is 1. The van der Waals surface area contributed by atoms with Crippen LogP contribution < -0.4 is 11.0 Å². The zero-order valence-electron chi connectivity index (χ0n) is 13.6. The number of benzene rings is 3. The van der Waals surface area contributed by atoms with Crippen LogP contribution in [0.3, 0.4) is 0 Å². The number of rotatable bonds is 3. The molecular formula is C20H14N4O2. The Labute approximate surface area is 148 Å². The number of aromatic amines is 1. The van der Waals surface area contributed by atoms with E-state index in [0.29, 0.717) is 10.8 Å². The highest BCUT2D eigenvalue weighted by Gasteiger charge is 2.13. The van der Waals surface area contributed by atoms with E-state index < -0.39 is 5.91 Å². The van der Waals surface area contributed by atoms with Crippen molar-refractivity contribution in [2.24, 2.45) is 5.10 Å². The van der Waals surface area contributed by atoms with Crippen LogP contribution in [-0.2, 0) is 0 Å². The van der Waals surface area contributed by atoms with E-state index in [2.05, 4.69) is 20.7 Å². The van der Waals surface area contributed by atoms with Crippen molar-refractivity contribution in [1.82, 2.24) is 15.6 Å². The maximum atomic E-state index is 12.4. The molecule has 2 N–H and O–H groups in total. The van der Waals surface area contributed by atoms with E-state index in [9.17, 15) is 9.59 Å². The normalized spacial score (nSPS) is 11.2. The van der Waals surface area contributed by atoms with Crippen LogP contribution in [0.2, 0.25) is 0 Å². The van der Waals surface area contributed by atoms with Crippen LogP contribution in [0.25, 0.3) is 21.5 Å². The van der Waals surface area contributed by atoms with E-state index in [4.69, 9.17) is 0 Å². The number of hydrogen-bond donors (Lipinski definition) is 2. The van der Waals surface area contributed by atoms with Crippen molar-refractivity contribution in [2.45, 2.75) is 0 Å². The van der Waals surface area contributed by atoms with Crippen LogP contribution in [0.5, 0.6) is 0 Å². The van der Waals surface area contributed by atoms with Gasteiger partial charge in [-0.1, -0.05) is 54.6 Å². The minimum atomic E-state index is -0.491. The molecule has 0 unspecified atom stereocenters. The SMILES string of the molecule is O=C(NN=Cc1ccc2ccccc2c1)c1n[nH]c(=O)c2ccccc12. The number of nitrogens with one attached hydrogen (secondary N) is 2. The van der Waals surface area contributed by atoms with Gasteiger partial charge in [-0.3, -0.25) is 9.59 Å². The van der Waals surface area contributed by atoms with Gasteiger partial charge >= 0.3 is 0 Å². The number of carbonyl (C=O) groups is 1. The van der Waals surface area contributed by atoms with E-state index in [0.717, 1.165) is 16.3 Å². The summed E-state index contributed by atoms with van der Waals surface area (Å²) in [6.45, 7) is 0. The zero-order valence-corrected chi connectivity index (χ0v) is 13.6. The molecule has 6 nitrogen and oxygen atoms in total. The van der Waals surface area contributed by atoms with Gasteiger partial charge in [0, 0.05) is 5.39 Å². The van der Waals surface area contributed by atoms with Gasteiger partial charge in [-0.2, -0.15) is 10.2 Å². The molecule has 6 heteroatoms. The number of H-pyrrole nitrogens is 1. The fourth-order valence-electron chi connectivity index (χ4n) is 2.79. The number of hydrazone groups is 1. The lowest BCUT2D eigenvalue weighted by molar-refractivity contribution is 0.0951. The highest BCUT2D eigenvalue weighted by atomic mass is 16.2. The molecule has 0 saturated heterocycles. The second-order valence-corrected chi connectivity index (χ2v) is 5.75.